The molecule has 6 nitrogen and oxygen atoms in total. The van der Waals surface area contributed by atoms with Gasteiger partial charge in [-0.2, -0.15) is 4.98 Å². The van der Waals surface area contributed by atoms with Crippen molar-refractivity contribution in [1.82, 2.24) is 24.8 Å². The number of thiophene rings is 1. The van der Waals surface area contributed by atoms with Gasteiger partial charge in [0.25, 0.3) is 0 Å². The predicted molar refractivity (Wildman–Crippen MR) is 118 cm³/mol. The molecule has 2 N–H and O–H groups in total. The van der Waals surface area contributed by atoms with Crippen molar-refractivity contribution in [3.8, 4) is 11.4 Å². The first-order valence-corrected chi connectivity index (χ1v) is 11.0. The second-order valence-corrected chi connectivity index (χ2v) is 8.66. The Balaban J connectivity index is 1.55. The second-order valence-electron chi connectivity index (χ2n) is 7.22. The van der Waals surface area contributed by atoms with Gasteiger partial charge >= 0.3 is 0 Å². The topological polar surface area (TPSA) is 67.7 Å². The Labute approximate surface area is 178 Å². The van der Waals surface area contributed by atoms with Crippen LogP contribution in [-0.4, -0.2) is 32.6 Å². The van der Waals surface area contributed by atoms with Gasteiger partial charge in [0.1, 0.15) is 11.3 Å². The van der Waals surface area contributed by atoms with Crippen LogP contribution in [0.2, 0.25) is 5.02 Å². The highest BCUT2D eigenvalue weighted by atomic mass is 35.5. The fraction of sp³-hybridized carbons (Fsp3) is 0.286. The van der Waals surface area contributed by atoms with Crippen molar-refractivity contribution in [2.45, 2.75) is 19.5 Å². The van der Waals surface area contributed by atoms with E-state index in [9.17, 15) is 0 Å². The lowest BCUT2D eigenvalue weighted by Crippen LogP contribution is -2.16. The zero-order valence-electron chi connectivity index (χ0n) is 15.8. The first kappa shape index (κ1) is 18.5. The molecule has 0 amide bonds. The van der Waals surface area contributed by atoms with Gasteiger partial charge in [-0.05, 0) is 49.0 Å². The molecule has 1 saturated heterocycles. The maximum Gasteiger partial charge on any atom is 0.225 e. The minimum absolute atomic E-state index is 0.547. The third kappa shape index (κ3) is 3.85. The fourth-order valence-corrected chi connectivity index (χ4v) is 4.60. The summed E-state index contributed by atoms with van der Waals surface area (Å²) >= 11 is 8.22. The van der Waals surface area contributed by atoms with Gasteiger partial charge in [-0.3, -0.25) is 0 Å². The van der Waals surface area contributed by atoms with Crippen molar-refractivity contribution in [3.63, 3.8) is 0 Å². The van der Waals surface area contributed by atoms with Crippen LogP contribution < -0.4 is 10.6 Å². The van der Waals surface area contributed by atoms with Crippen molar-refractivity contribution >= 4 is 40.0 Å². The lowest BCUT2D eigenvalue weighted by Gasteiger charge is -2.14. The summed E-state index contributed by atoms with van der Waals surface area (Å²) in [7, 11) is 0. The molecule has 0 bridgehead atoms. The maximum absolute atomic E-state index is 6.50. The number of nitrogens with zero attached hydrogens (tertiary/aromatic N) is 4. The SMILES string of the molecule is Clc1ccccc1-c1nc2cnc(NCc3cccs3)nc2n1C[C@H]1CCNC1. The van der Waals surface area contributed by atoms with Crippen molar-refractivity contribution < 1.29 is 0 Å². The van der Waals surface area contributed by atoms with E-state index in [0.29, 0.717) is 23.4 Å². The van der Waals surface area contributed by atoms with Gasteiger partial charge in [-0.25, -0.2) is 9.97 Å². The number of hydrogen-bond acceptors (Lipinski definition) is 6. The molecule has 3 aromatic heterocycles. The number of anilines is 1. The Kier molecular flexibility index (Phi) is 5.18. The van der Waals surface area contributed by atoms with Gasteiger partial charge in [0.15, 0.2) is 5.65 Å². The lowest BCUT2D eigenvalue weighted by molar-refractivity contribution is 0.490. The van der Waals surface area contributed by atoms with E-state index in [1.807, 2.05) is 30.3 Å². The van der Waals surface area contributed by atoms with Crippen LogP contribution in [0, 0.1) is 5.92 Å². The molecule has 0 spiro atoms. The molecule has 148 valence electrons. The van der Waals surface area contributed by atoms with Crippen LogP contribution in [0.25, 0.3) is 22.6 Å². The average molecular weight is 425 g/mol. The molecule has 8 heteroatoms. The van der Waals surface area contributed by atoms with E-state index in [0.717, 1.165) is 48.6 Å². The van der Waals surface area contributed by atoms with Crippen LogP contribution in [0.4, 0.5) is 5.95 Å². The Morgan fingerprint density at radius 3 is 2.93 bits per heavy atom. The fourth-order valence-electron chi connectivity index (χ4n) is 3.73. The molecule has 0 saturated carbocycles. The van der Waals surface area contributed by atoms with Crippen molar-refractivity contribution in [2.75, 3.05) is 18.4 Å². The monoisotopic (exact) mass is 424 g/mol. The van der Waals surface area contributed by atoms with Crippen molar-refractivity contribution in [3.05, 3.63) is 57.9 Å². The minimum Gasteiger partial charge on any atom is -0.349 e. The van der Waals surface area contributed by atoms with Crippen LogP contribution in [0.1, 0.15) is 11.3 Å². The summed E-state index contributed by atoms with van der Waals surface area (Å²) < 4.78 is 2.20. The number of halogens is 1. The number of rotatable bonds is 6. The van der Waals surface area contributed by atoms with E-state index in [-0.39, 0.29) is 0 Å². The normalized spacial score (nSPS) is 16.5. The highest BCUT2D eigenvalue weighted by Gasteiger charge is 2.22. The summed E-state index contributed by atoms with van der Waals surface area (Å²) in [4.78, 5) is 15.4. The highest BCUT2D eigenvalue weighted by Crippen LogP contribution is 2.31. The predicted octanol–water partition coefficient (Wildman–Crippen LogP) is 4.43. The molecule has 29 heavy (non-hydrogen) atoms. The highest BCUT2D eigenvalue weighted by molar-refractivity contribution is 7.09. The molecular formula is C21H21ClN6S. The molecule has 1 atom stereocenters. The van der Waals surface area contributed by atoms with E-state index >= 15 is 0 Å². The van der Waals surface area contributed by atoms with E-state index in [2.05, 4.69) is 31.6 Å². The Morgan fingerprint density at radius 2 is 2.14 bits per heavy atom. The van der Waals surface area contributed by atoms with Crippen molar-refractivity contribution in [1.29, 1.82) is 0 Å². The molecule has 0 radical (unpaired) electrons. The van der Waals surface area contributed by atoms with Gasteiger partial charge in [0, 0.05) is 17.0 Å². The van der Waals surface area contributed by atoms with Crippen LogP contribution in [-0.2, 0) is 13.1 Å². The van der Waals surface area contributed by atoms with Gasteiger partial charge in [0.2, 0.25) is 5.95 Å². The molecule has 1 aromatic carbocycles. The average Bonchev–Trinajstić information content (AvgIpc) is 3.49. The molecule has 0 aliphatic carbocycles. The van der Waals surface area contributed by atoms with E-state index in [1.54, 1.807) is 17.5 Å². The Bertz CT molecular complexity index is 1120. The smallest absolute Gasteiger partial charge is 0.225 e. The van der Waals surface area contributed by atoms with Crippen LogP contribution >= 0.6 is 22.9 Å². The molecule has 1 fully saturated rings. The molecule has 4 aromatic rings. The first-order chi connectivity index (χ1) is 14.3. The number of aromatic nitrogens is 4. The van der Waals surface area contributed by atoms with E-state index in [4.69, 9.17) is 21.6 Å². The zero-order chi connectivity index (χ0) is 19.6. The summed E-state index contributed by atoms with van der Waals surface area (Å²) in [6.45, 7) is 3.63. The van der Waals surface area contributed by atoms with Crippen LogP contribution in [0.3, 0.4) is 0 Å². The van der Waals surface area contributed by atoms with Crippen LogP contribution in [0.5, 0.6) is 0 Å². The number of imidazole rings is 1. The summed E-state index contributed by atoms with van der Waals surface area (Å²) in [5.74, 6) is 2.01. The van der Waals surface area contributed by atoms with Gasteiger partial charge < -0.3 is 15.2 Å². The Morgan fingerprint density at radius 1 is 1.21 bits per heavy atom. The number of fused-ring (bicyclic) bond motifs is 1. The molecule has 4 heterocycles. The first-order valence-electron chi connectivity index (χ1n) is 9.73. The summed E-state index contributed by atoms with van der Waals surface area (Å²) in [5, 5.41) is 9.54. The standard InChI is InChI=1S/C21H21ClN6S/c22-17-6-2-1-5-16(17)19-26-18-12-25-21(24-11-15-4-3-9-29-15)27-20(18)28(19)13-14-7-8-23-10-14/h1-6,9,12,14,23H,7-8,10-11,13H2,(H,24,25,27)/t14-/m0/s1. The van der Waals surface area contributed by atoms with Gasteiger partial charge in [-0.15, -0.1) is 11.3 Å². The summed E-state index contributed by atoms with van der Waals surface area (Å²) in [5.41, 5.74) is 2.55. The molecule has 1 aliphatic rings. The lowest BCUT2D eigenvalue weighted by atomic mass is 10.1. The van der Waals surface area contributed by atoms with Gasteiger partial charge in [0.05, 0.1) is 17.8 Å². The molecule has 0 unspecified atom stereocenters. The second kappa shape index (κ2) is 8.10. The number of benzene rings is 1. The third-order valence-corrected chi connectivity index (χ3v) is 6.41. The third-order valence-electron chi connectivity index (χ3n) is 5.21. The van der Waals surface area contributed by atoms with Gasteiger partial charge in [-0.1, -0.05) is 29.8 Å². The maximum atomic E-state index is 6.50. The summed E-state index contributed by atoms with van der Waals surface area (Å²) in [6.07, 6.45) is 2.94. The van der Waals surface area contributed by atoms with Crippen LogP contribution in [0.15, 0.2) is 48.0 Å². The van der Waals surface area contributed by atoms with E-state index in [1.165, 1.54) is 4.88 Å². The minimum atomic E-state index is 0.547. The van der Waals surface area contributed by atoms with Crippen molar-refractivity contribution in [2.24, 2.45) is 5.92 Å². The number of nitrogens with one attached hydrogen (secondary N) is 2. The molecule has 1 aliphatic heterocycles. The van der Waals surface area contributed by atoms with E-state index < -0.39 is 0 Å². The summed E-state index contributed by atoms with van der Waals surface area (Å²) in [6, 6.07) is 12.0. The zero-order valence-corrected chi connectivity index (χ0v) is 17.4. The Hall–Kier alpha value is -2.48. The number of hydrogen-bond donors (Lipinski definition) is 2. The molecule has 5 rings (SSSR count). The largest absolute Gasteiger partial charge is 0.349 e. The quantitative estimate of drug-likeness (QED) is 0.479. The molecular weight excluding hydrogens is 404 g/mol.